The number of aromatic nitrogens is 1. The second-order valence-corrected chi connectivity index (χ2v) is 6.59. The van der Waals surface area contributed by atoms with Gasteiger partial charge in [-0.1, -0.05) is 25.1 Å². The van der Waals surface area contributed by atoms with Gasteiger partial charge < -0.3 is 19.8 Å². The van der Waals surface area contributed by atoms with Gasteiger partial charge in [0.15, 0.2) is 5.75 Å². The molecule has 0 unspecified atom stereocenters. The molecule has 0 bridgehead atoms. The molecule has 2 aromatic carbocycles. The molecule has 0 spiro atoms. The highest BCUT2D eigenvalue weighted by molar-refractivity contribution is 6.05. The number of primary amides is 1. The van der Waals surface area contributed by atoms with Gasteiger partial charge in [-0.25, -0.2) is 0 Å². The van der Waals surface area contributed by atoms with Crippen LogP contribution >= 0.6 is 0 Å². The van der Waals surface area contributed by atoms with Crippen molar-refractivity contribution in [2.24, 2.45) is 12.8 Å². The Bertz CT molecular complexity index is 1180. The molecule has 1 amide bonds. The van der Waals surface area contributed by atoms with Crippen molar-refractivity contribution in [2.45, 2.75) is 20.3 Å². The lowest BCUT2D eigenvalue weighted by Crippen LogP contribution is -2.30. The molecule has 0 aliphatic carbocycles. The lowest BCUT2D eigenvalue weighted by molar-refractivity contribution is -0.131. The maximum absolute atomic E-state index is 12.7. The molecule has 2 N–H and O–H groups in total. The minimum Gasteiger partial charge on any atom is -0.497 e. The Hall–Kier alpha value is -3.61. The summed E-state index contributed by atoms with van der Waals surface area (Å²) in [6.45, 7) is 3.17. The zero-order chi connectivity index (χ0) is 21.3. The SMILES string of the molecule is CCc1c(-c2ccc(OC)cc2)ccc2c1c(OC(C)=O)c(C(N)=O)c(=O)n2C. The number of hydrogen-bond acceptors (Lipinski definition) is 5. The number of benzene rings is 2. The van der Waals surface area contributed by atoms with E-state index in [-0.39, 0.29) is 11.3 Å². The first-order valence-corrected chi connectivity index (χ1v) is 9.11. The van der Waals surface area contributed by atoms with Crippen LogP contribution < -0.4 is 20.8 Å². The number of hydrogen-bond donors (Lipinski definition) is 1. The number of esters is 1. The van der Waals surface area contributed by atoms with Crippen molar-refractivity contribution in [2.75, 3.05) is 7.11 Å². The Kier molecular flexibility index (Phi) is 5.41. The van der Waals surface area contributed by atoms with Crippen LogP contribution in [0.4, 0.5) is 0 Å². The average Bonchev–Trinajstić information content (AvgIpc) is 2.70. The van der Waals surface area contributed by atoms with E-state index in [0.717, 1.165) is 22.4 Å². The van der Waals surface area contributed by atoms with Crippen molar-refractivity contribution < 1.29 is 19.1 Å². The van der Waals surface area contributed by atoms with E-state index in [2.05, 4.69) is 0 Å². The Morgan fingerprint density at radius 1 is 1.10 bits per heavy atom. The van der Waals surface area contributed by atoms with Gasteiger partial charge >= 0.3 is 5.97 Å². The quantitative estimate of drug-likeness (QED) is 0.671. The van der Waals surface area contributed by atoms with Crippen LogP contribution in [0.15, 0.2) is 41.2 Å². The third kappa shape index (κ3) is 3.47. The van der Waals surface area contributed by atoms with E-state index in [1.807, 2.05) is 37.3 Å². The Morgan fingerprint density at radius 3 is 2.28 bits per heavy atom. The first-order valence-electron chi connectivity index (χ1n) is 9.11. The van der Waals surface area contributed by atoms with Gasteiger partial charge in [0, 0.05) is 19.4 Å². The summed E-state index contributed by atoms with van der Waals surface area (Å²) in [5.74, 6) is -0.943. The molecule has 0 fully saturated rings. The molecule has 0 atom stereocenters. The number of methoxy groups -OCH3 is 1. The van der Waals surface area contributed by atoms with Crippen molar-refractivity contribution in [3.8, 4) is 22.6 Å². The topological polar surface area (TPSA) is 101 Å². The first kappa shape index (κ1) is 20.1. The average molecular weight is 394 g/mol. The number of ether oxygens (including phenoxy) is 2. The molecule has 29 heavy (non-hydrogen) atoms. The molecule has 150 valence electrons. The van der Waals surface area contributed by atoms with Crippen molar-refractivity contribution in [3.63, 3.8) is 0 Å². The summed E-state index contributed by atoms with van der Waals surface area (Å²) in [5, 5.41) is 0.520. The number of amides is 1. The molecule has 0 radical (unpaired) electrons. The summed E-state index contributed by atoms with van der Waals surface area (Å²) in [7, 11) is 3.15. The van der Waals surface area contributed by atoms with E-state index in [9.17, 15) is 14.4 Å². The fourth-order valence-electron chi connectivity index (χ4n) is 3.54. The van der Waals surface area contributed by atoms with E-state index < -0.39 is 17.4 Å². The summed E-state index contributed by atoms with van der Waals surface area (Å²) in [6.07, 6.45) is 0.573. The van der Waals surface area contributed by atoms with Crippen LogP contribution in [-0.4, -0.2) is 23.6 Å². The van der Waals surface area contributed by atoms with Crippen molar-refractivity contribution in [3.05, 3.63) is 57.9 Å². The maximum Gasteiger partial charge on any atom is 0.308 e. The largest absolute Gasteiger partial charge is 0.497 e. The minimum atomic E-state index is -0.944. The molecule has 0 aliphatic heterocycles. The van der Waals surface area contributed by atoms with Crippen molar-refractivity contribution in [1.82, 2.24) is 4.57 Å². The highest BCUT2D eigenvalue weighted by atomic mass is 16.5. The summed E-state index contributed by atoms with van der Waals surface area (Å²) < 4.78 is 11.9. The Labute approximate surface area is 167 Å². The van der Waals surface area contributed by atoms with Gasteiger partial charge in [-0.3, -0.25) is 14.4 Å². The maximum atomic E-state index is 12.7. The van der Waals surface area contributed by atoms with Gasteiger partial charge in [-0.15, -0.1) is 0 Å². The fourth-order valence-corrected chi connectivity index (χ4v) is 3.54. The predicted octanol–water partition coefficient (Wildman–Crippen LogP) is 2.80. The molecule has 3 aromatic rings. The summed E-state index contributed by atoms with van der Waals surface area (Å²) in [6, 6.07) is 11.2. The number of carbonyl (C=O) groups excluding carboxylic acids is 2. The third-order valence-corrected chi connectivity index (χ3v) is 4.87. The van der Waals surface area contributed by atoms with E-state index in [1.165, 1.54) is 11.5 Å². The highest BCUT2D eigenvalue weighted by Gasteiger charge is 2.25. The van der Waals surface area contributed by atoms with Crippen LogP contribution in [-0.2, 0) is 18.3 Å². The number of nitrogens with zero attached hydrogens (tertiary/aromatic N) is 1. The fraction of sp³-hybridized carbons (Fsp3) is 0.227. The van der Waals surface area contributed by atoms with Gasteiger partial charge in [-0.2, -0.15) is 0 Å². The van der Waals surface area contributed by atoms with E-state index >= 15 is 0 Å². The Morgan fingerprint density at radius 2 is 1.76 bits per heavy atom. The molecule has 1 aromatic heterocycles. The van der Waals surface area contributed by atoms with Crippen LogP contribution in [0.3, 0.4) is 0 Å². The number of nitrogens with two attached hydrogens (primary N) is 1. The number of carbonyl (C=O) groups is 2. The third-order valence-electron chi connectivity index (χ3n) is 4.87. The normalized spacial score (nSPS) is 10.8. The van der Waals surface area contributed by atoms with Crippen molar-refractivity contribution in [1.29, 1.82) is 0 Å². The van der Waals surface area contributed by atoms with E-state index in [0.29, 0.717) is 17.3 Å². The lowest BCUT2D eigenvalue weighted by atomic mass is 9.92. The van der Waals surface area contributed by atoms with Gasteiger partial charge in [0.05, 0.1) is 12.6 Å². The predicted molar refractivity (Wildman–Crippen MR) is 110 cm³/mol. The standard InChI is InChI=1S/C22H22N2O5/c1-5-15-16(13-6-8-14(28-4)9-7-13)10-11-17-18(15)20(29-12(2)25)19(21(23)26)22(27)24(17)3/h6-11H,5H2,1-4H3,(H2,23,26). The molecular formula is C22H22N2O5. The number of aryl methyl sites for hydroxylation is 2. The zero-order valence-corrected chi connectivity index (χ0v) is 16.7. The van der Waals surface area contributed by atoms with Gasteiger partial charge in [0.25, 0.3) is 11.5 Å². The van der Waals surface area contributed by atoms with Gasteiger partial charge in [-0.05, 0) is 41.3 Å². The second-order valence-electron chi connectivity index (χ2n) is 6.59. The number of pyridine rings is 1. The zero-order valence-electron chi connectivity index (χ0n) is 16.7. The van der Waals surface area contributed by atoms with Crippen LogP contribution in [0.5, 0.6) is 11.5 Å². The molecule has 0 saturated carbocycles. The molecule has 3 rings (SSSR count). The van der Waals surface area contributed by atoms with Crippen molar-refractivity contribution >= 4 is 22.8 Å². The van der Waals surface area contributed by atoms with Crippen LogP contribution in [0.1, 0.15) is 29.8 Å². The summed E-state index contributed by atoms with van der Waals surface area (Å²) in [5.41, 5.74) is 7.72. The molecule has 1 heterocycles. The first-order chi connectivity index (χ1) is 13.8. The number of rotatable bonds is 5. The molecule has 7 nitrogen and oxygen atoms in total. The molecular weight excluding hydrogens is 372 g/mol. The second kappa shape index (κ2) is 7.79. The van der Waals surface area contributed by atoms with Gasteiger partial charge in [0.2, 0.25) is 0 Å². The molecule has 0 aliphatic rings. The minimum absolute atomic E-state index is 0.0877. The van der Waals surface area contributed by atoms with Crippen LogP contribution in [0, 0.1) is 0 Å². The summed E-state index contributed by atoms with van der Waals surface area (Å²) in [4.78, 5) is 36.5. The van der Waals surface area contributed by atoms with E-state index in [4.69, 9.17) is 15.2 Å². The molecule has 7 heteroatoms. The summed E-state index contributed by atoms with van der Waals surface area (Å²) >= 11 is 0. The Balaban J connectivity index is 2.47. The smallest absolute Gasteiger partial charge is 0.308 e. The van der Waals surface area contributed by atoms with E-state index in [1.54, 1.807) is 20.2 Å². The molecule has 0 saturated heterocycles. The highest BCUT2D eigenvalue weighted by Crippen LogP contribution is 2.37. The number of fused-ring (bicyclic) bond motifs is 1. The lowest BCUT2D eigenvalue weighted by Gasteiger charge is -2.19. The van der Waals surface area contributed by atoms with Crippen LogP contribution in [0.25, 0.3) is 22.0 Å². The monoisotopic (exact) mass is 394 g/mol. The van der Waals surface area contributed by atoms with Gasteiger partial charge in [0.1, 0.15) is 11.3 Å². The van der Waals surface area contributed by atoms with Crippen LogP contribution in [0.2, 0.25) is 0 Å².